The third-order valence-electron chi connectivity index (χ3n) is 4.77. The van der Waals surface area contributed by atoms with Crippen LogP contribution in [-0.2, 0) is 0 Å². The highest BCUT2D eigenvalue weighted by Crippen LogP contribution is 2.24. The van der Waals surface area contributed by atoms with Crippen LogP contribution in [0.5, 0.6) is 0 Å². The zero-order chi connectivity index (χ0) is 14.4. The first kappa shape index (κ1) is 15.4. The number of nitrogens with zero attached hydrogens (tertiary/aromatic N) is 1. The Morgan fingerprint density at radius 2 is 2.05 bits per heavy atom. The van der Waals surface area contributed by atoms with Crippen molar-refractivity contribution in [2.24, 2.45) is 11.8 Å². The maximum Gasteiger partial charge on any atom is 0.0366 e. The van der Waals surface area contributed by atoms with E-state index in [0.717, 1.165) is 18.4 Å². The lowest BCUT2D eigenvalue weighted by Gasteiger charge is -2.31. The maximum absolute atomic E-state index is 3.54. The van der Waals surface area contributed by atoms with E-state index in [2.05, 4.69) is 55.3 Å². The van der Waals surface area contributed by atoms with E-state index < -0.39 is 0 Å². The summed E-state index contributed by atoms with van der Waals surface area (Å²) in [5.41, 5.74) is 2.71. The Kier molecular flexibility index (Phi) is 5.90. The molecule has 1 aliphatic heterocycles. The molecule has 2 nitrogen and oxygen atoms in total. The van der Waals surface area contributed by atoms with Crippen molar-refractivity contribution < 1.29 is 0 Å². The van der Waals surface area contributed by atoms with E-state index in [1.165, 1.54) is 50.1 Å². The Hall–Kier alpha value is -1.02. The summed E-state index contributed by atoms with van der Waals surface area (Å²) >= 11 is 0. The van der Waals surface area contributed by atoms with Gasteiger partial charge in [0.25, 0.3) is 0 Å². The number of anilines is 1. The Morgan fingerprint density at radius 1 is 1.30 bits per heavy atom. The minimum atomic E-state index is 0.822. The normalized spacial score (nSPS) is 20.6. The molecule has 2 atom stereocenters. The van der Waals surface area contributed by atoms with Crippen LogP contribution in [0.1, 0.15) is 38.7 Å². The molecule has 1 aromatic carbocycles. The smallest absolute Gasteiger partial charge is 0.0366 e. The molecule has 1 aliphatic rings. The third-order valence-corrected chi connectivity index (χ3v) is 4.77. The summed E-state index contributed by atoms with van der Waals surface area (Å²) in [6, 6.07) is 8.94. The second-order valence-electron chi connectivity index (χ2n) is 6.29. The summed E-state index contributed by atoms with van der Waals surface area (Å²) in [5.74, 6) is 1.70. The Morgan fingerprint density at radius 3 is 2.65 bits per heavy atom. The molecule has 0 aliphatic carbocycles. The van der Waals surface area contributed by atoms with E-state index >= 15 is 0 Å². The number of aryl methyl sites for hydroxylation is 1. The summed E-state index contributed by atoms with van der Waals surface area (Å²) in [6.45, 7) is 11.5. The summed E-state index contributed by atoms with van der Waals surface area (Å²) in [6.07, 6.45) is 4.06. The van der Waals surface area contributed by atoms with Gasteiger partial charge in [-0.1, -0.05) is 24.6 Å². The molecule has 2 heteroatoms. The van der Waals surface area contributed by atoms with E-state index in [4.69, 9.17) is 0 Å². The predicted molar refractivity (Wildman–Crippen MR) is 88.4 cm³/mol. The standard InChI is InChI=1S/C18H30N2/c1-4-20(18-9-7-15(2)8-10-18)13-11-16(3)17-6-5-12-19-14-17/h7-10,16-17,19H,4-6,11-14H2,1-3H3. The topological polar surface area (TPSA) is 15.3 Å². The Labute approximate surface area is 124 Å². The summed E-state index contributed by atoms with van der Waals surface area (Å²) in [5, 5.41) is 3.54. The highest BCUT2D eigenvalue weighted by Gasteiger charge is 2.20. The lowest BCUT2D eigenvalue weighted by molar-refractivity contribution is 0.269. The van der Waals surface area contributed by atoms with Crippen LogP contribution in [0.3, 0.4) is 0 Å². The van der Waals surface area contributed by atoms with Crippen LogP contribution in [0, 0.1) is 18.8 Å². The van der Waals surface area contributed by atoms with Crippen LogP contribution >= 0.6 is 0 Å². The summed E-state index contributed by atoms with van der Waals surface area (Å²) in [7, 11) is 0. The van der Waals surface area contributed by atoms with Crippen molar-refractivity contribution in [3.63, 3.8) is 0 Å². The second kappa shape index (κ2) is 7.68. The van der Waals surface area contributed by atoms with E-state index in [1.54, 1.807) is 0 Å². The monoisotopic (exact) mass is 274 g/mol. The van der Waals surface area contributed by atoms with Gasteiger partial charge in [-0.3, -0.25) is 0 Å². The molecule has 1 fully saturated rings. The molecule has 0 aromatic heterocycles. The van der Waals surface area contributed by atoms with Crippen molar-refractivity contribution in [2.45, 2.75) is 40.0 Å². The number of hydrogen-bond acceptors (Lipinski definition) is 2. The fourth-order valence-corrected chi connectivity index (χ4v) is 3.19. The number of hydrogen-bond donors (Lipinski definition) is 1. The molecule has 0 spiro atoms. The van der Waals surface area contributed by atoms with Crippen molar-refractivity contribution in [3.05, 3.63) is 29.8 Å². The van der Waals surface area contributed by atoms with Gasteiger partial charge < -0.3 is 10.2 Å². The molecule has 0 radical (unpaired) electrons. The predicted octanol–water partition coefficient (Wildman–Crippen LogP) is 3.85. The van der Waals surface area contributed by atoms with E-state index in [-0.39, 0.29) is 0 Å². The number of rotatable bonds is 6. The zero-order valence-corrected chi connectivity index (χ0v) is 13.4. The molecule has 0 saturated carbocycles. The quantitative estimate of drug-likeness (QED) is 0.847. The molecule has 1 aromatic rings. The van der Waals surface area contributed by atoms with Crippen LogP contribution in [0.4, 0.5) is 5.69 Å². The van der Waals surface area contributed by atoms with Crippen molar-refractivity contribution in [1.29, 1.82) is 0 Å². The van der Waals surface area contributed by atoms with Crippen molar-refractivity contribution in [2.75, 3.05) is 31.1 Å². The highest BCUT2D eigenvalue weighted by atomic mass is 15.1. The molecule has 0 bridgehead atoms. The molecule has 20 heavy (non-hydrogen) atoms. The van der Waals surface area contributed by atoms with Crippen LogP contribution in [0.25, 0.3) is 0 Å². The first-order valence-electron chi connectivity index (χ1n) is 8.23. The molecule has 2 unspecified atom stereocenters. The average Bonchev–Trinajstić information content (AvgIpc) is 2.50. The lowest BCUT2D eigenvalue weighted by atomic mass is 9.85. The Balaban J connectivity index is 1.85. The van der Waals surface area contributed by atoms with Gasteiger partial charge in [-0.25, -0.2) is 0 Å². The Bertz CT molecular complexity index is 379. The second-order valence-corrected chi connectivity index (χ2v) is 6.29. The molecular formula is C18H30N2. The van der Waals surface area contributed by atoms with Gasteiger partial charge in [0.1, 0.15) is 0 Å². The number of benzene rings is 1. The fraction of sp³-hybridized carbons (Fsp3) is 0.667. The van der Waals surface area contributed by atoms with Gasteiger partial charge in [-0.15, -0.1) is 0 Å². The fourth-order valence-electron chi connectivity index (χ4n) is 3.19. The van der Waals surface area contributed by atoms with Gasteiger partial charge >= 0.3 is 0 Å². The summed E-state index contributed by atoms with van der Waals surface area (Å²) in [4.78, 5) is 2.51. The van der Waals surface area contributed by atoms with Crippen molar-refractivity contribution >= 4 is 5.69 Å². The molecule has 112 valence electrons. The number of nitrogens with one attached hydrogen (secondary N) is 1. The largest absolute Gasteiger partial charge is 0.372 e. The molecule has 1 heterocycles. The van der Waals surface area contributed by atoms with Crippen LogP contribution in [0.15, 0.2) is 24.3 Å². The van der Waals surface area contributed by atoms with Gasteiger partial charge in [0, 0.05) is 18.8 Å². The average molecular weight is 274 g/mol. The third kappa shape index (κ3) is 4.24. The van der Waals surface area contributed by atoms with Crippen LogP contribution in [0.2, 0.25) is 0 Å². The SMILES string of the molecule is CCN(CCC(C)C1CCCNC1)c1ccc(C)cc1. The van der Waals surface area contributed by atoms with Crippen molar-refractivity contribution in [1.82, 2.24) is 5.32 Å². The lowest BCUT2D eigenvalue weighted by Crippen LogP contribution is -2.35. The van der Waals surface area contributed by atoms with Gasteiger partial charge in [0.05, 0.1) is 0 Å². The van der Waals surface area contributed by atoms with E-state index in [9.17, 15) is 0 Å². The first-order valence-corrected chi connectivity index (χ1v) is 8.23. The van der Waals surface area contributed by atoms with Gasteiger partial charge in [0.15, 0.2) is 0 Å². The molecule has 1 saturated heterocycles. The molecule has 0 amide bonds. The van der Waals surface area contributed by atoms with E-state index in [1.807, 2.05) is 0 Å². The zero-order valence-electron chi connectivity index (χ0n) is 13.4. The van der Waals surface area contributed by atoms with Crippen LogP contribution < -0.4 is 10.2 Å². The maximum atomic E-state index is 3.54. The van der Waals surface area contributed by atoms with Gasteiger partial charge in [-0.05, 0) is 70.2 Å². The molecule has 1 N–H and O–H groups in total. The molecule has 2 rings (SSSR count). The van der Waals surface area contributed by atoms with Crippen LogP contribution in [-0.4, -0.2) is 26.2 Å². The minimum Gasteiger partial charge on any atom is -0.372 e. The van der Waals surface area contributed by atoms with Gasteiger partial charge in [-0.2, -0.15) is 0 Å². The molecular weight excluding hydrogens is 244 g/mol. The number of piperidine rings is 1. The minimum absolute atomic E-state index is 0.822. The highest BCUT2D eigenvalue weighted by molar-refractivity contribution is 5.47. The summed E-state index contributed by atoms with van der Waals surface area (Å²) < 4.78 is 0. The van der Waals surface area contributed by atoms with Gasteiger partial charge in [0.2, 0.25) is 0 Å². The first-order chi connectivity index (χ1) is 9.70. The van der Waals surface area contributed by atoms with E-state index in [0.29, 0.717) is 0 Å². The van der Waals surface area contributed by atoms with Crippen molar-refractivity contribution in [3.8, 4) is 0 Å².